The van der Waals surface area contributed by atoms with Crippen molar-refractivity contribution in [1.82, 2.24) is 9.78 Å². The summed E-state index contributed by atoms with van der Waals surface area (Å²) in [7, 11) is -2.39. The Balaban J connectivity index is 1.46. The van der Waals surface area contributed by atoms with Crippen molar-refractivity contribution >= 4 is 27.4 Å². The molecule has 1 amide bonds. The van der Waals surface area contributed by atoms with Gasteiger partial charge in [0.25, 0.3) is 15.9 Å². The lowest BCUT2D eigenvalue weighted by Gasteiger charge is -2.12. The van der Waals surface area contributed by atoms with Crippen molar-refractivity contribution in [3.63, 3.8) is 0 Å². The minimum absolute atomic E-state index is 0.0216. The number of carbonyl (C=O) groups is 1. The molecule has 2 N–H and O–H groups in total. The molecule has 0 radical (unpaired) electrons. The van der Waals surface area contributed by atoms with Crippen molar-refractivity contribution in [3.8, 4) is 11.4 Å². The van der Waals surface area contributed by atoms with E-state index in [1.807, 2.05) is 30.3 Å². The van der Waals surface area contributed by atoms with Crippen LogP contribution in [0.15, 0.2) is 96.0 Å². The first-order valence-corrected chi connectivity index (χ1v) is 11.1. The number of methoxy groups -OCH3 is 1. The van der Waals surface area contributed by atoms with Gasteiger partial charge in [-0.2, -0.15) is 5.10 Å². The highest BCUT2D eigenvalue weighted by atomic mass is 32.2. The molecule has 0 fully saturated rings. The number of anilines is 2. The molecule has 0 atom stereocenters. The van der Waals surface area contributed by atoms with Crippen molar-refractivity contribution in [3.05, 3.63) is 96.7 Å². The van der Waals surface area contributed by atoms with Gasteiger partial charge in [-0.3, -0.25) is 9.52 Å². The molecule has 0 bridgehead atoms. The third kappa shape index (κ3) is 4.62. The van der Waals surface area contributed by atoms with E-state index in [0.29, 0.717) is 22.8 Å². The highest BCUT2D eigenvalue weighted by Crippen LogP contribution is 2.26. The van der Waals surface area contributed by atoms with Gasteiger partial charge in [0.1, 0.15) is 5.75 Å². The number of benzene rings is 3. The molecule has 1 heterocycles. The minimum atomic E-state index is -3.85. The second kappa shape index (κ2) is 8.94. The molecule has 9 heteroatoms. The maximum Gasteiger partial charge on any atom is 0.262 e. The number of para-hydroxylation sites is 3. The Hall–Kier alpha value is -4.11. The molecule has 0 saturated heterocycles. The summed E-state index contributed by atoms with van der Waals surface area (Å²) in [6.07, 6.45) is 1.74. The van der Waals surface area contributed by atoms with Gasteiger partial charge in [0.15, 0.2) is 5.82 Å². The number of aromatic nitrogens is 2. The maximum atomic E-state index is 12.7. The summed E-state index contributed by atoms with van der Waals surface area (Å²) >= 11 is 0. The van der Waals surface area contributed by atoms with Gasteiger partial charge in [0.2, 0.25) is 0 Å². The topological polar surface area (TPSA) is 102 Å². The van der Waals surface area contributed by atoms with E-state index in [4.69, 9.17) is 4.74 Å². The number of ether oxygens (including phenoxy) is 1. The van der Waals surface area contributed by atoms with Crippen LogP contribution in [0, 0.1) is 0 Å². The molecular formula is C23H20N4O4S. The lowest BCUT2D eigenvalue weighted by atomic mass is 10.2. The molecule has 4 rings (SSSR count). The lowest BCUT2D eigenvalue weighted by Crippen LogP contribution is -2.15. The molecule has 0 spiro atoms. The van der Waals surface area contributed by atoms with Crippen LogP contribution >= 0.6 is 0 Å². The van der Waals surface area contributed by atoms with E-state index in [-0.39, 0.29) is 4.90 Å². The molecule has 0 aliphatic heterocycles. The molecule has 3 aromatic carbocycles. The number of rotatable bonds is 7. The van der Waals surface area contributed by atoms with Gasteiger partial charge < -0.3 is 10.1 Å². The van der Waals surface area contributed by atoms with Crippen LogP contribution in [0.5, 0.6) is 5.75 Å². The van der Waals surface area contributed by atoms with Crippen LogP contribution in [0.3, 0.4) is 0 Å². The summed E-state index contributed by atoms with van der Waals surface area (Å²) in [5, 5.41) is 7.04. The van der Waals surface area contributed by atoms with Crippen LogP contribution in [0.4, 0.5) is 11.5 Å². The summed E-state index contributed by atoms with van der Waals surface area (Å²) in [5.74, 6) is 0.389. The zero-order valence-electron chi connectivity index (χ0n) is 17.1. The predicted molar refractivity (Wildman–Crippen MR) is 122 cm³/mol. The molecule has 0 aliphatic rings. The molecular weight excluding hydrogens is 428 g/mol. The number of amides is 1. The fraction of sp³-hybridized carbons (Fsp3) is 0.0435. The average molecular weight is 449 g/mol. The van der Waals surface area contributed by atoms with Gasteiger partial charge in [-0.1, -0.05) is 30.3 Å². The first kappa shape index (κ1) is 21.1. The Morgan fingerprint density at radius 3 is 2.31 bits per heavy atom. The standard InChI is InChI=1S/C23H20N4O4S/c1-31-21-10-6-5-9-20(21)26-32(29,30)19-13-11-17(12-14-19)23(28)24-22-15-16-27(25-22)18-7-3-2-4-8-18/h2-16,26H,1H3,(H,24,25,28). The number of nitrogens with zero attached hydrogens (tertiary/aromatic N) is 2. The highest BCUT2D eigenvalue weighted by Gasteiger charge is 2.17. The SMILES string of the molecule is COc1ccccc1NS(=O)(=O)c1ccc(C(=O)Nc2ccn(-c3ccccc3)n2)cc1. The molecule has 0 saturated carbocycles. The van der Waals surface area contributed by atoms with Crippen molar-refractivity contribution in [1.29, 1.82) is 0 Å². The van der Waals surface area contributed by atoms with Crippen LogP contribution in [-0.4, -0.2) is 31.2 Å². The molecule has 0 unspecified atom stereocenters. The lowest BCUT2D eigenvalue weighted by molar-refractivity contribution is 0.102. The van der Waals surface area contributed by atoms with Crippen molar-refractivity contribution in [2.75, 3.05) is 17.1 Å². The fourth-order valence-corrected chi connectivity index (χ4v) is 4.09. The molecule has 4 aromatic rings. The summed E-state index contributed by atoms with van der Waals surface area (Å²) in [5.41, 5.74) is 1.49. The van der Waals surface area contributed by atoms with Crippen LogP contribution < -0.4 is 14.8 Å². The summed E-state index contributed by atoms with van der Waals surface area (Å²) in [4.78, 5) is 12.6. The number of sulfonamides is 1. The highest BCUT2D eigenvalue weighted by molar-refractivity contribution is 7.92. The van der Waals surface area contributed by atoms with Crippen LogP contribution in [0.2, 0.25) is 0 Å². The molecule has 8 nitrogen and oxygen atoms in total. The summed E-state index contributed by atoms with van der Waals surface area (Å²) < 4.78 is 34.7. The quantitative estimate of drug-likeness (QED) is 0.446. The number of nitrogens with one attached hydrogen (secondary N) is 2. The normalized spacial score (nSPS) is 11.0. The Bertz CT molecular complexity index is 1330. The van der Waals surface area contributed by atoms with Gasteiger partial charge in [0, 0.05) is 17.8 Å². The van der Waals surface area contributed by atoms with Crippen LogP contribution in [-0.2, 0) is 10.0 Å². The zero-order chi connectivity index (χ0) is 22.6. The average Bonchev–Trinajstić information content (AvgIpc) is 3.28. The third-order valence-corrected chi connectivity index (χ3v) is 6.01. The van der Waals surface area contributed by atoms with E-state index in [0.717, 1.165) is 5.69 Å². The van der Waals surface area contributed by atoms with E-state index in [9.17, 15) is 13.2 Å². The Kier molecular flexibility index (Phi) is 5.91. The van der Waals surface area contributed by atoms with Gasteiger partial charge >= 0.3 is 0 Å². The monoisotopic (exact) mass is 448 g/mol. The Morgan fingerprint density at radius 1 is 0.906 bits per heavy atom. The smallest absolute Gasteiger partial charge is 0.262 e. The fourth-order valence-electron chi connectivity index (χ4n) is 3.02. The summed E-state index contributed by atoms with van der Waals surface area (Å²) in [6.45, 7) is 0. The third-order valence-electron chi connectivity index (χ3n) is 4.63. The molecule has 162 valence electrons. The second-order valence-electron chi connectivity index (χ2n) is 6.77. The van der Waals surface area contributed by atoms with Crippen molar-refractivity contribution in [2.45, 2.75) is 4.90 Å². The van der Waals surface area contributed by atoms with E-state index in [1.165, 1.54) is 31.4 Å². The first-order valence-electron chi connectivity index (χ1n) is 9.64. The summed E-state index contributed by atoms with van der Waals surface area (Å²) in [6, 6.07) is 23.5. The van der Waals surface area contributed by atoms with Gasteiger partial charge in [-0.15, -0.1) is 0 Å². The first-order chi connectivity index (χ1) is 15.5. The number of hydrogen-bond acceptors (Lipinski definition) is 5. The van der Waals surface area contributed by atoms with E-state index >= 15 is 0 Å². The number of carbonyl (C=O) groups excluding carboxylic acids is 1. The van der Waals surface area contributed by atoms with Gasteiger partial charge in [0.05, 0.1) is 23.4 Å². The largest absolute Gasteiger partial charge is 0.495 e. The molecule has 1 aromatic heterocycles. The van der Waals surface area contributed by atoms with E-state index in [2.05, 4.69) is 15.1 Å². The molecule has 32 heavy (non-hydrogen) atoms. The van der Waals surface area contributed by atoms with E-state index < -0.39 is 15.9 Å². The van der Waals surface area contributed by atoms with Crippen LogP contribution in [0.1, 0.15) is 10.4 Å². The van der Waals surface area contributed by atoms with Crippen molar-refractivity contribution < 1.29 is 17.9 Å². The second-order valence-corrected chi connectivity index (χ2v) is 8.45. The Morgan fingerprint density at radius 2 is 1.59 bits per heavy atom. The van der Waals surface area contributed by atoms with E-state index in [1.54, 1.807) is 41.2 Å². The van der Waals surface area contributed by atoms with Gasteiger partial charge in [-0.25, -0.2) is 13.1 Å². The Labute approximate surface area is 185 Å². The molecule has 0 aliphatic carbocycles. The number of hydrogen-bond donors (Lipinski definition) is 2. The maximum absolute atomic E-state index is 12.7. The zero-order valence-corrected chi connectivity index (χ0v) is 17.9. The van der Waals surface area contributed by atoms with Crippen LogP contribution in [0.25, 0.3) is 5.69 Å². The van der Waals surface area contributed by atoms with Crippen molar-refractivity contribution in [2.24, 2.45) is 0 Å². The van der Waals surface area contributed by atoms with Gasteiger partial charge in [-0.05, 0) is 48.5 Å². The predicted octanol–water partition coefficient (Wildman–Crippen LogP) is 3.93. The minimum Gasteiger partial charge on any atom is -0.495 e.